The molecule has 1 aromatic heterocycles. The van der Waals surface area contributed by atoms with E-state index in [2.05, 4.69) is 23.3 Å². The van der Waals surface area contributed by atoms with Crippen molar-refractivity contribution < 1.29 is 13.9 Å². The van der Waals surface area contributed by atoms with Crippen LogP contribution in [0.25, 0.3) is 0 Å². The van der Waals surface area contributed by atoms with Gasteiger partial charge in [-0.05, 0) is 53.9 Å². The molecule has 0 bridgehead atoms. The highest BCUT2D eigenvalue weighted by molar-refractivity contribution is 5.43. The molecule has 0 unspecified atom stereocenters. The molecule has 3 aromatic rings. The molecule has 2 aromatic carbocycles. The predicted octanol–water partition coefficient (Wildman–Crippen LogP) is 4.66. The second-order valence-electron chi connectivity index (χ2n) is 6.29. The van der Waals surface area contributed by atoms with Crippen LogP contribution in [0.5, 0.6) is 11.5 Å². The Morgan fingerprint density at radius 2 is 1.81 bits per heavy atom. The zero-order chi connectivity index (χ0) is 19.1. The molecular weight excluding hydrogens is 343 g/mol. The molecule has 0 aliphatic rings. The van der Waals surface area contributed by atoms with Gasteiger partial charge < -0.3 is 14.8 Å². The van der Waals surface area contributed by atoms with E-state index in [4.69, 9.17) is 9.47 Å². The first-order valence-electron chi connectivity index (χ1n) is 8.83. The second-order valence-corrected chi connectivity index (χ2v) is 6.29. The lowest BCUT2D eigenvalue weighted by Crippen LogP contribution is -2.18. The maximum absolute atomic E-state index is 13.0. The minimum Gasteiger partial charge on any atom is -0.493 e. The molecule has 4 nitrogen and oxygen atoms in total. The number of aromatic nitrogens is 1. The van der Waals surface area contributed by atoms with Crippen LogP contribution in [-0.2, 0) is 13.2 Å². The number of methoxy groups -OCH3 is 1. The van der Waals surface area contributed by atoms with Crippen molar-refractivity contribution in [3.63, 3.8) is 0 Å². The zero-order valence-corrected chi connectivity index (χ0v) is 15.5. The first kappa shape index (κ1) is 18.9. The Labute approximate surface area is 159 Å². The highest BCUT2D eigenvalue weighted by atomic mass is 19.1. The van der Waals surface area contributed by atoms with Crippen molar-refractivity contribution in [2.45, 2.75) is 26.1 Å². The van der Waals surface area contributed by atoms with Crippen molar-refractivity contribution in [3.8, 4) is 11.5 Å². The summed E-state index contributed by atoms with van der Waals surface area (Å²) < 4.78 is 24.3. The Morgan fingerprint density at radius 1 is 1.04 bits per heavy atom. The van der Waals surface area contributed by atoms with E-state index in [1.165, 1.54) is 12.1 Å². The number of hydrogen-bond acceptors (Lipinski definition) is 4. The summed E-state index contributed by atoms with van der Waals surface area (Å²) in [6.07, 6.45) is 3.64. The molecule has 1 N–H and O–H groups in total. The quantitative estimate of drug-likeness (QED) is 0.630. The number of nitrogens with one attached hydrogen (secondary N) is 1. The van der Waals surface area contributed by atoms with Crippen LogP contribution in [0.3, 0.4) is 0 Å². The van der Waals surface area contributed by atoms with Crippen molar-refractivity contribution in [2.75, 3.05) is 7.11 Å². The average molecular weight is 366 g/mol. The zero-order valence-electron chi connectivity index (χ0n) is 15.5. The van der Waals surface area contributed by atoms with Gasteiger partial charge in [0.1, 0.15) is 12.4 Å². The maximum Gasteiger partial charge on any atom is 0.161 e. The number of halogens is 1. The molecule has 0 spiro atoms. The van der Waals surface area contributed by atoms with E-state index in [-0.39, 0.29) is 11.9 Å². The number of rotatable bonds is 8. The molecule has 0 saturated carbocycles. The molecule has 0 aliphatic carbocycles. The fraction of sp³-hybridized carbons (Fsp3) is 0.227. The van der Waals surface area contributed by atoms with Gasteiger partial charge in [0.25, 0.3) is 0 Å². The van der Waals surface area contributed by atoms with E-state index in [9.17, 15) is 4.39 Å². The van der Waals surface area contributed by atoms with Crippen LogP contribution in [0, 0.1) is 5.82 Å². The number of hydrogen-bond donors (Lipinski definition) is 1. The smallest absolute Gasteiger partial charge is 0.161 e. The topological polar surface area (TPSA) is 43.4 Å². The summed E-state index contributed by atoms with van der Waals surface area (Å²) in [7, 11) is 1.62. The van der Waals surface area contributed by atoms with Gasteiger partial charge in [0.2, 0.25) is 0 Å². The fourth-order valence-electron chi connectivity index (χ4n) is 2.70. The summed E-state index contributed by atoms with van der Waals surface area (Å²) in [4.78, 5) is 4.15. The lowest BCUT2D eigenvalue weighted by atomic mass is 10.1. The van der Waals surface area contributed by atoms with Gasteiger partial charge in [0, 0.05) is 25.0 Å². The SMILES string of the molecule is COc1cc(CN[C@@H](C)c2cccnc2)ccc1OCc1ccc(F)cc1. The van der Waals surface area contributed by atoms with Crippen LogP contribution in [-0.4, -0.2) is 12.1 Å². The average Bonchev–Trinajstić information content (AvgIpc) is 2.72. The first-order valence-corrected chi connectivity index (χ1v) is 8.83. The maximum atomic E-state index is 13.0. The van der Waals surface area contributed by atoms with Gasteiger partial charge in [-0.2, -0.15) is 0 Å². The minimum absolute atomic E-state index is 0.194. The number of nitrogens with zero attached hydrogens (tertiary/aromatic N) is 1. The summed E-state index contributed by atoms with van der Waals surface area (Å²) in [5, 5.41) is 3.48. The largest absolute Gasteiger partial charge is 0.493 e. The van der Waals surface area contributed by atoms with E-state index in [0.29, 0.717) is 24.7 Å². The number of benzene rings is 2. The van der Waals surface area contributed by atoms with Gasteiger partial charge in [-0.1, -0.05) is 24.3 Å². The van der Waals surface area contributed by atoms with Crippen LogP contribution in [0.1, 0.15) is 29.7 Å². The van der Waals surface area contributed by atoms with Crippen molar-refractivity contribution in [3.05, 3.63) is 89.5 Å². The normalized spacial score (nSPS) is 11.8. The van der Waals surface area contributed by atoms with Gasteiger partial charge >= 0.3 is 0 Å². The molecule has 0 radical (unpaired) electrons. The summed E-state index contributed by atoms with van der Waals surface area (Å²) >= 11 is 0. The van der Waals surface area contributed by atoms with Crippen LogP contribution in [0.15, 0.2) is 67.0 Å². The van der Waals surface area contributed by atoms with Crippen molar-refractivity contribution in [1.29, 1.82) is 0 Å². The third-order valence-corrected chi connectivity index (χ3v) is 4.33. The lowest BCUT2D eigenvalue weighted by Gasteiger charge is -2.16. The van der Waals surface area contributed by atoms with E-state index >= 15 is 0 Å². The van der Waals surface area contributed by atoms with Crippen LogP contribution >= 0.6 is 0 Å². The van der Waals surface area contributed by atoms with E-state index in [1.54, 1.807) is 25.4 Å². The molecule has 0 fully saturated rings. The molecule has 1 atom stereocenters. The number of pyridine rings is 1. The van der Waals surface area contributed by atoms with Gasteiger partial charge in [-0.15, -0.1) is 0 Å². The third-order valence-electron chi connectivity index (χ3n) is 4.33. The van der Waals surface area contributed by atoms with Crippen molar-refractivity contribution in [1.82, 2.24) is 10.3 Å². The predicted molar refractivity (Wildman–Crippen MR) is 103 cm³/mol. The van der Waals surface area contributed by atoms with Crippen LogP contribution in [0.4, 0.5) is 4.39 Å². The Balaban J connectivity index is 1.60. The summed E-state index contributed by atoms with van der Waals surface area (Å²) in [6.45, 7) is 3.16. The Hall–Kier alpha value is -2.92. The molecular formula is C22H23FN2O2. The fourth-order valence-corrected chi connectivity index (χ4v) is 2.70. The molecule has 27 heavy (non-hydrogen) atoms. The first-order chi connectivity index (χ1) is 13.2. The Kier molecular flexibility index (Phi) is 6.39. The summed E-state index contributed by atoms with van der Waals surface area (Å²) in [6, 6.07) is 16.3. The molecule has 3 rings (SSSR count). The standard InChI is InChI=1S/C22H23FN2O2/c1-16(19-4-3-11-24-14-19)25-13-18-7-10-21(22(12-18)26-2)27-15-17-5-8-20(23)9-6-17/h3-12,14,16,25H,13,15H2,1-2H3/t16-/m0/s1. The molecule has 140 valence electrons. The monoisotopic (exact) mass is 366 g/mol. The highest BCUT2D eigenvalue weighted by Crippen LogP contribution is 2.29. The van der Waals surface area contributed by atoms with Crippen molar-refractivity contribution in [2.24, 2.45) is 0 Å². The molecule has 0 saturated heterocycles. The lowest BCUT2D eigenvalue weighted by molar-refractivity contribution is 0.284. The van der Waals surface area contributed by atoms with Gasteiger partial charge in [0.05, 0.1) is 7.11 Å². The van der Waals surface area contributed by atoms with Gasteiger partial charge in [-0.25, -0.2) is 4.39 Å². The molecule has 1 heterocycles. The molecule has 0 aliphatic heterocycles. The van der Waals surface area contributed by atoms with E-state index in [0.717, 1.165) is 16.7 Å². The van der Waals surface area contributed by atoms with E-state index in [1.807, 2.05) is 30.5 Å². The molecule has 5 heteroatoms. The number of ether oxygens (including phenoxy) is 2. The Morgan fingerprint density at radius 3 is 2.52 bits per heavy atom. The van der Waals surface area contributed by atoms with Gasteiger partial charge in [0.15, 0.2) is 11.5 Å². The minimum atomic E-state index is -0.256. The third kappa shape index (κ3) is 5.28. The summed E-state index contributed by atoms with van der Waals surface area (Å²) in [5.74, 6) is 1.07. The molecule has 0 amide bonds. The summed E-state index contributed by atoms with van der Waals surface area (Å²) in [5.41, 5.74) is 3.13. The van der Waals surface area contributed by atoms with Gasteiger partial charge in [-0.3, -0.25) is 4.98 Å². The van der Waals surface area contributed by atoms with E-state index < -0.39 is 0 Å². The van der Waals surface area contributed by atoms with Crippen LogP contribution in [0.2, 0.25) is 0 Å². The Bertz CT molecular complexity index is 854. The second kappa shape index (κ2) is 9.14. The highest BCUT2D eigenvalue weighted by Gasteiger charge is 2.09. The van der Waals surface area contributed by atoms with Crippen LogP contribution < -0.4 is 14.8 Å². The van der Waals surface area contributed by atoms with Crippen molar-refractivity contribution >= 4 is 0 Å².